The lowest BCUT2D eigenvalue weighted by atomic mass is 10.2. The van der Waals surface area contributed by atoms with Crippen LogP contribution in [0.1, 0.15) is 37.3 Å². The Bertz CT molecular complexity index is 916. The van der Waals surface area contributed by atoms with Crippen LogP contribution in [-0.2, 0) is 0 Å². The van der Waals surface area contributed by atoms with Gasteiger partial charge in [-0.3, -0.25) is 4.79 Å². The third-order valence-corrected chi connectivity index (χ3v) is 4.36. The van der Waals surface area contributed by atoms with E-state index in [1.165, 1.54) is 13.3 Å². The number of hydrogen-bond acceptors (Lipinski definition) is 7. The van der Waals surface area contributed by atoms with Gasteiger partial charge < -0.3 is 14.6 Å². The molecule has 0 radical (unpaired) electrons. The minimum absolute atomic E-state index is 0.00209. The first-order valence-electron chi connectivity index (χ1n) is 7.83. The summed E-state index contributed by atoms with van der Waals surface area (Å²) in [5.41, 5.74) is -0.0734. The van der Waals surface area contributed by atoms with Crippen LogP contribution in [-0.4, -0.2) is 26.6 Å². The number of aromatic nitrogens is 4. The second kappa shape index (κ2) is 6.69. The third kappa shape index (κ3) is 3.42. The second-order valence-corrected chi connectivity index (χ2v) is 6.33. The molecule has 0 saturated heterocycles. The Morgan fingerprint density at radius 3 is 2.76 bits per heavy atom. The molecule has 1 N–H and O–H groups in total. The molecule has 2 aromatic rings. The van der Waals surface area contributed by atoms with Crippen LogP contribution in [0.25, 0.3) is 0 Å². The molecule has 3 rings (SSSR count). The Labute approximate surface area is 149 Å². The number of nitrogens with one attached hydrogen (secondary N) is 1. The van der Waals surface area contributed by atoms with Crippen molar-refractivity contribution in [3.8, 4) is 11.9 Å². The molecule has 9 heteroatoms. The molecule has 1 aliphatic carbocycles. The van der Waals surface area contributed by atoms with E-state index in [0.29, 0.717) is 11.7 Å². The van der Waals surface area contributed by atoms with Gasteiger partial charge >= 0.3 is 0 Å². The maximum Gasteiger partial charge on any atom is 0.294 e. The van der Waals surface area contributed by atoms with Crippen LogP contribution in [0, 0.1) is 24.2 Å². The molecule has 1 aliphatic rings. The summed E-state index contributed by atoms with van der Waals surface area (Å²) in [7, 11) is 1.42. The van der Waals surface area contributed by atoms with Crippen molar-refractivity contribution < 1.29 is 4.74 Å². The average Bonchev–Trinajstić information content (AvgIpc) is 3.43. The van der Waals surface area contributed by atoms with E-state index in [9.17, 15) is 10.1 Å². The van der Waals surface area contributed by atoms with Crippen molar-refractivity contribution in [2.75, 3.05) is 12.4 Å². The molecule has 0 spiro atoms. The van der Waals surface area contributed by atoms with Crippen LogP contribution < -0.4 is 15.6 Å². The van der Waals surface area contributed by atoms with Gasteiger partial charge in [0.15, 0.2) is 11.5 Å². The molecule has 1 fully saturated rings. The van der Waals surface area contributed by atoms with Crippen molar-refractivity contribution in [2.24, 2.45) is 5.92 Å². The van der Waals surface area contributed by atoms with Crippen LogP contribution in [0.4, 0.5) is 11.5 Å². The van der Waals surface area contributed by atoms with E-state index in [-0.39, 0.29) is 39.8 Å². The number of ether oxygens (including phenoxy) is 1. The maximum atomic E-state index is 12.8. The summed E-state index contributed by atoms with van der Waals surface area (Å²) < 4.78 is 6.77. The molecule has 0 aliphatic heterocycles. The summed E-state index contributed by atoms with van der Waals surface area (Å²) in [6.45, 7) is 3.63. The second-order valence-electron chi connectivity index (χ2n) is 5.94. The van der Waals surface area contributed by atoms with E-state index in [0.717, 1.165) is 12.8 Å². The summed E-state index contributed by atoms with van der Waals surface area (Å²) in [5, 5.41) is 12.3. The number of methoxy groups -OCH3 is 1. The third-order valence-electron chi connectivity index (χ3n) is 4.17. The Morgan fingerprint density at radius 1 is 1.44 bits per heavy atom. The fourth-order valence-electron chi connectivity index (χ4n) is 2.68. The molecule has 0 aromatic carbocycles. The minimum atomic E-state index is -0.324. The summed E-state index contributed by atoms with van der Waals surface area (Å²) in [4.78, 5) is 25.0. The molecular formula is C16H17ClN6O2. The molecule has 0 amide bonds. The Morgan fingerprint density at radius 2 is 2.16 bits per heavy atom. The van der Waals surface area contributed by atoms with E-state index in [1.54, 1.807) is 11.5 Å². The van der Waals surface area contributed by atoms with Crippen molar-refractivity contribution in [1.82, 2.24) is 19.5 Å². The molecule has 130 valence electrons. The Balaban J connectivity index is 2.07. The van der Waals surface area contributed by atoms with E-state index >= 15 is 0 Å². The zero-order chi connectivity index (χ0) is 18.1. The van der Waals surface area contributed by atoms with Crippen LogP contribution in [0.15, 0.2) is 11.0 Å². The van der Waals surface area contributed by atoms with Gasteiger partial charge in [-0.2, -0.15) is 10.2 Å². The smallest absolute Gasteiger partial charge is 0.294 e. The minimum Gasteiger partial charge on any atom is -0.479 e. The standard InChI is InChI=1S/C16H17ClN6O2/c1-8(10-4-5-10)23-7-12(17)21-14(16(23)24)22-13-11(6-18)19-9(2)20-15(13)25-3/h7-8,10H,4-5H2,1-3H3,(H,21,22)/t8-/m1/s1. The number of nitrogens with zero attached hydrogens (tertiary/aromatic N) is 5. The predicted molar refractivity (Wildman–Crippen MR) is 92.3 cm³/mol. The first kappa shape index (κ1) is 17.2. The first-order valence-corrected chi connectivity index (χ1v) is 8.20. The lowest BCUT2D eigenvalue weighted by Gasteiger charge is -2.17. The molecule has 25 heavy (non-hydrogen) atoms. The fraction of sp³-hybridized carbons (Fsp3) is 0.438. The van der Waals surface area contributed by atoms with Gasteiger partial charge in [-0.05, 0) is 32.6 Å². The van der Waals surface area contributed by atoms with Crippen molar-refractivity contribution in [1.29, 1.82) is 5.26 Å². The highest BCUT2D eigenvalue weighted by Gasteiger charge is 2.30. The molecular weight excluding hydrogens is 344 g/mol. The van der Waals surface area contributed by atoms with Crippen LogP contribution in [0.3, 0.4) is 0 Å². The normalized spacial score (nSPS) is 14.7. The highest BCUT2D eigenvalue weighted by atomic mass is 35.5. The zero-order valence-corrected chi connectivity index (χ0v) is 14.8. The highest BCUT2D eigenvalue weighted by Crippen LogP contribution is 2.39. The number of rotatable bonds is 5. The zero-order valence-electron chi connectivity index (χ0n) is 14.1. The fourth-order valence-corrected chi connectivity index (χ4v) is 2.87. The molecule has 0 unspecified atom stereocenters. The van der Waals surface area contributed by atoms with Gasteiger partial charge in [0, 0.05) is 12.2 Å². The van der Waals surface area contributed by atoms with Crippen molar-refractivity contribution in [3.05, 3.63) is 33.2 Å². The van der Waals surface area contributed by atoms with Gasteiger partial charge in [-0.25, -0.2) is 9.97 Å². The SMILES string of the molecule is COc1nc(C)nc(C#N)c1Nc1nc(Cl)cn([C@H](C)C2CC2)c1=O. The number of nitriles is 1. The largest absolute Gasteiger partial charge is 0.479 e. The number of halogens is 1. The molecule has 2 heterocycles. The van der Waals surface area contributed by atoms with E-state index < -0.39 is 0 Å². The number of hydrogen-bond donors (Lipinski definition) is 1. The van der Waals surface area contributed by atoms with E-state index in [2.05, 4.69) is 20.3 Å². The summed E-state index contributed by atoms with van der Waals surface area (Å²) in [6.07, 6.45) is 3.72. The molecule has 1 saturated carbocycles. The lowest BCUT2D eigenvalue weighted by Crippen LogP contribution is -2.27. The predicted octanol–water partition coefficient (Wildman–Crippen LogP) is 2.59. The average molecular weight is 361 g/mol. The lowest BCUT2D eigenvalue weighted by molar-refractivity contribution is 0.397. The molecule has 8 nitrogen and oxygen atoms in total. The van der Waals surface area contributed by atoms with E-state index in [1.807, 2.05) is 13.0 Å². The van der Waals surface area contributed by atoms with Crippen molar-refractivity contribution in [3.63, 3.8) is 0 Å². The van der Waals surface area contributed by atoms with Gasteiger partial charge in [-0.15, -0.1) is 0 Å². The quantitative estimate of drug-likeness (QED) is 0.873. The van der Waals surface area contributed by atoms with Crippen LogP contribution in [0.2, 0.25) is 5.15 Å². The van der Waals surface area contributed by atoms with Crippen LogP contribution in [0.5, 0.6) is 5.88 Å². The number of aryl methyl sites for hydroxylation is 1. The summed E-state index contributed by atoms with van der Waals surface area (Å²) in [5.74, 6) is 1.02. The van der Waals surface area contributed by atoms with Gasteiger partial charge in [0.2, 0.25) is 5.88 Å². The topological polar surface area (TPSA) is 106 Å². The van der Waals surface area contributed by atoms with Crippen LogP contribution >= 0.6 is 11.6 Å². The summed E-state index contributed by atoms with van der Waals surface area (Å²) in [6, 6.07) is 2.00. The van der Waals surface area contributed by atoms with Crippen molar-refractivity contribution in [2.45, 2.75) is 32.7 Å². The monoisotopic (exact) mass is 360 g/mol. The first-order chi connectivity index (χ1) is 11.9. The Hall–Kier alpha value is -2.66. The molecule has 0 bridgehead atoms. The highest BCUT2D eigenvalue weighted by molar-refractivity contribution is 6.29. The Kier molecular flexibility index (Phi) is 4.59. The van der Waals surface area contributed by atoms with Gasteiger partial charge in [-0.1, -0.05) is 11.6 Å². The maximum absolute atomic E-state index is 12.8. The molecule has 2 aromatic heterocycles. The number of anilines is 2. The van der Waals surface area contributed by atoms with Gasteiger partial charge in [0.25, 0.3) is 5.56 Å². The molecule has 1 atom stereocenters. The van der Waals surface area contributed by atoms with Gasteiger partial charge in [0.05, 0.1) is 7.11 Å². The van der Waals surface area contributed by atoms with Crippen molar-refractivity contribution >= 4 is 23.1 Å². The van der Waals surface area contributed by atoms with E-state index in [4.69, 9.17) is 16.3 Å². The summed E-state index contributed by atoms with van der Waals surface area (Å²) >= 11 is 6.09. The van der Waals surface area contributed by atoms with Gasteiger partial charge in [0.1, 0.15) is 22.7 Å².